The maximum Gasteiger partial charge on any atom is 0.0935 e. The molecule has 4 aromatic rings. The highest BCUT2D eigenvalue weighted by atomic mass is 32.1. The fraction of sp³-hybridized carbons (Fsp3) is 0.393. The molecule has 0 spiro atoms. The summed E-state index contributed by atoms with van der Waals surface area (Å²) in [5.74, 6) is 0.744. The van der Waals surface area contributed by atoms with Crippen molar-refractivity contribution in [1.82, 2.24) is 9.88 Å². The molecule has 2 aliphatic rings. The Morgan fingerprint density at radius 2 is 1.72 bits per heavy atom. The maximum absolute atomic E-state index is 4.71. The molecule has 6 rings (SSSR count). The summed E-state index contributed by atoms with van der Waals surface area (Å²) in [6.45, 7) is 6.73. The number of anilines is 1. The Balaban J connectivity index is 1.10. The topological polar surface area (TPSA) is 19.4 Å². The van der Waals surface area contributed by atoms with Crippen LogP contribution in [-0.4, -0.2) is 42.1 Å². The zero-order valence-corrected chi connectivity index (χ0v) is 19.7. The third kappa shape index (κ3) is 3.70. The fourth-order valence-corrected chi connectivity index (χ4v) is 7.00. The van der Waals surface area contributed by atoms with Gasteiger partial charge in [0.05, 0.1) is 11.2 Å². The Morgan fingerprint density at radius 3 is 2.56 bits per heavy atom. The van der Waals surface area contributed by atoms with Gasteiger partial charge in [0.1, 0.15) is 0 Å². The van der Waals surface area contributed by atoms with Crippen molar-refractivity contribution in [1.29, 1.82) is 0 Å². The number of aryl methyl sites for hydroxylation is 1. The standard InChI is InChI=1S/C28H31N3S/c1-20-17-22-5-4-12-29-28(22)26(18-20)31-15-13-30(14-16-31)23-10-8-21(9-11-23)25-19-32-27-7-3-2-6-24(25)27/h2-7,12,17-19,21,23H,8-11,13-16H2,1H3. The molecule has 1 saturated carbocycles. The van der Waals surface area contributed by atoms with E-state index in [-0.39, 0.29) is 0 Å². The van der Waals surface area contributed by atoms with E-state index in [2.05, 4.69) is 64.6 Å². The molecule has 1 aliphatic heterocycles. The van der Waals surface area contributed by atoms with Gasteiger partial charge in [-0.15, -0.1) is 11.3 Å². The Kier molecular flexibility index (Phi) is 5.36. The van der Waals surface area contributed by atoms with Gasteiger partial charge in [-0.1, -0.05) is 24.3 Å². The van der Waals surface area contributed by atoms with E-state index in [1.165, 1.54) is 65.5 Å². The minimum absolute atomic E-state index is 0.744. The molecule has 0 bridgehead atoms. The summed E-state index contributed by atoms with van der Waals surface area (Å²) in [5.41, 5.74) is 5.39. The van der Waals surface area contributed by atoms with Crippen LogP contribution in [0.2, 0.25) is 0 Å². The number of benzene rings is 2. The summed E-state index contributed by atoms with van der Waals surface area (Å²) in [5, 5.41) is 5.17. The van der Waals surface area contributed by atoms with Gasteiger partial charge in [0.2, 0.25) is 0 Å². The summed E-state index contributed by atoms with van der Waals surface area (Å²) in [4.78, 5) is 10.0. The Morgan fingerprint density at radius 1 is 0.906 bits per heavy atom. The van der Waals surface area contributed by atoms with E-state index in [0.717, 1.165) is 30.6 Å². The lowest BCUT2D eigenvalue weighted by atomic mass is 9.81. The number of piperazine rings is 1. The molecule has 1 aliphatic carbocycles. The number of fused-ring (bicyclic) bond motifs is 2. The molecule has 3 heterocycles. The quantitative estimate of drug-likeness (QED) is 0.357. The first-order valence-electron chi connectivity index (χ1n) is 12.1. The number of rotatable bonds is 3. The minimum Gasteiger partial charge on any atom is -0.367 e. The third-order valence-electron chi connectivity index (χ3n) is 7.65. The molecule has 4 heteroatoms. The van der Waals surface area contributed by atoms with Gasteiger partial charge in [0, 0.05) is 48.5 Å². The molecule has 3 nitrogen and oxygen atoms in total. The molecular formula is C28H31N3S. The van der Waals surface area contributed by atoms with E-state index in [9.17, 15) is 0 Å². The van der Waals surface area contributed by atoms with Gasteiger partial charge < -0.3 is 4.90 Å². The van der Waals surface area contributed by atoms with Gasteiger partial charge in [-0.25, -0.2) is 0 Å². The van der Waals surface area contributed by atoms with E-state index >= 15 is 0 Å². The van der Waals surface area contributed by atoms with Crippen molar-refractivity contribution in [2.45, 2.75) is 44.6 Å². The van der Waals surface area contributed by atoms with Crippen LogP contribution in [0.5, 0.6) is 0 Å². The molecule has 164 valence electrons. The highest BCUT2D eigenvalue weighted by molar-refractivity contribution is 7.17. The molecule has 1 saturated heterocycles. The number of nitrogens with zero attached hydrogens (tertiary/aromatic N) is 3. The van der Waals surface area contributed by atoms with Crippen LogP contribution in [0, 0.1) is 6.92 Å². The van der Waals surface area contributed by atoms with Crippen molar-refractivity contribution in [2.24, 2.45) is 0 Å². The van der Waals surface area contributed by atoms with E-state index in [0.29, 0.717) is 0 Å². The van der Waals surface area contributed by atoms with E-state index in [1.54, 1.807) is 5.56 Å². The van der Waals surface area contributed by atoms with Gasteiger partial charge in [-0.3, -0.25) is 9.88 Å². The van der Waals surface area contributed by atoms with Crippen molar-refractivity contribution in [2.75, 3.05) is 31.1 Å². The van der Waals surface area contributed by atoms with Gasteiger partial charge in [-0.2, -0.15) is 0 Å². The maximum atomic E-state index is 4.71. The number of aromatic nitrogens is 1. The second-order valence-electron chi connectivity index (χ2n) is 9.57. The van der Waals surface area contributed by atoms with Crippen molar-refractivity contribution in [3.05, 3.63) is 71.2 Å². The summed E-state index contributed by atoms with van der Waals surface area (Å²) in [6.07, 6.45) is 7.26. The van der Waals surface area contributed by atoms with Crippen LogP contribution in [0.25, 0.3) is 21.0 Å². The average molecular weight is 442 g/mol. The molecule has 0 amide bonds. The predicted octanol–water partition coefficient (Wildman–Crippen LogP) is 6.61. The average Bonchev–Trinajstić information content (AvgIpc) is 3.28. The fourth-order valence-electron chi connectivity index (χ4n) is 5.95. The van der Waals surface area contributed by atoms with Crippen LogP contribution in [0.3, 0.4) is 0 Å². The predicted molar refractivity (Wildman–Crippen MR) is 137 cm³/mol. The molecule has 0 unspecified atom stereocenters. The largest absolute Gasteiger partial charge is 0.367 e. The Hall–Kier alpha value is -2.43. The number of hydrogen-bond donors (Lipinski definition) is 0. The van der Waals surface area contributed by atoms with Crippen molar-refractivity contribution in [3.8, 4) is 0 Å². The lowest BCUT2D eigenvalue weighted by molar-refractivity contribution is 0.141. The van der Waals surface area contributed by atoms with Crippen LogP contribution in [0.1, 0.15) is 42.7 Å². The molecule has 0 atom stereocenters. The van der Waals surface area contributed by atoms with Crippen LogP contribution in [-0.2, 0) is 0 Å². The highest BCUT2D eigenvalue weighted by Crippen LogP contribution is 2.40. The zero-order valence-electron chi connectivity index (χ0n) is 18.8. The lowest BCUT2D eigenvalue weighted by Gasteiger charge is -2.43. The van der Waals surface area contributed by atoms with E-state index in [1.807, 2.05) is 23.6 Å². The zero-order chi connectivity index (χ0) is 21.5. The first-order valence-corrected chi connectivity index (χ1v) is 12.9. The normalized spacial score (nSPS) is 22.6. The van der Waals surface area contributed by atoms with Gasteiger partial charge in [-0.05, 0) is 84.7 Å². The van der Waals surface area contributed by atoms with Crippen molar-refractivity contribution < 1.29 is 0 Å². The number of hydrogen-bond acceptors (Lipinski definition) is 4. The van der Waals surface area contributed by atoms with E-state index < -0.39 is 0 Å². The second-order valence-corrected chi connectivity index (χ2v) is 10.5. The minimum atomic E-state index is 0.744. The molecule has 0 N–H and O–H groups in total. The monoisotopic (exact) mass is 441 g/mol. The first-order chi connectivity index (χ1) is 15.8. The first kappa shape index (κ1) is 20.2. The summed E-state index contributed by atoms with van der Waals surface area (Å²) in [7, 11) is 0. The molecule has 0 radical (unpaired) electrons. The second kappa shape index (κ2) is 8.49. The number of thiophene rings is 1. The number of pyridine rings is 1. The Labute approximate surface area is 194 Å². The third-order valence-corrected chi connectivity index (χ3v) is 8.63. The summed E-state index contributed by atoms with van der Waals surface area (Å²) < 4.78 is 1.44. The van der Waals surface area contributed by atoms with Crippen LogP contribution >= 0.6 is 11.3 Å². The van der Waals surface area contributed by atoms with Crippen molar-refractivity contribution in [3.63, 3.8) is 0 Å². The molecule has 2 aromatic heterocycles. The molecule has 32 heavy (non-hydrogen) atoms. The van der Waals surface area contributed by atoms with Gasteiger partial charge >= 0.3 is 0 Å². The van der Waals surface area contributed by atoms with E-state index in [4.69, 9.17) is 4.98 Å². The highest BCUT2D eigenvalue weighted by Gasteiger charge is 2.30. The molecule has 2 aromatic carbocycles. The summed E-state index contributed by atoms with van der Waals surface area (Å²) >= 11 is 1.92. The van der Waals surface area contributed by atoms with Gasteiger partial charge in [0.15, 0.2) is 0 Å². The van der Waals surface area contributed by atoms with Crippen molar-refractivity contribution >= 4 is 38.0 Å². The smallest absolute Gasteiger partial charge is 0.0935 e. The van der Waals surface area contributed by atoms with Crippen LogP contribution in [0.15, 0.2) is 60.1 Å². The molecule has 2 fully saturated rings. The van der Waals surface area contributed by atoms with Crippen LogP contribution in [0.4, 0.5) is 5.69 Å². The van der Waals surface area contributed by atoms with Gasteiger partial charge in [0.25, 0.3) is 0 Å². The molecular weight excluding hydrogens is 410 g/mol. The summed E-state index contributed by atoms with van der Waals surface area (Å²) in [6, 6.07) is 18.5. The lowest BCUT2D eigenvalue weighted by Crippen LogP contribution is -2.51. The SMILES string of the molecule is Cc1cc(N2CCN(C3CCC(c4csc5ccccc45)CC3)CC2)c2ncccc2c1. The van der Waals surface area contributed by atoms with Crippen LogP contribution < -0.4 is 4.90 Å². The Bertz CT molecular complexity index is 1230.